The molecule has 0 fully saturated rings. The van der Waals surface area contributed by atoms with E-state index in [1.165, 1.54) is 5.56 Å². The zero-order chi connectivity index (χ0) is 17.5. The molecule has 0 aliphatic rings. The molecule has 0 spiro atoms. The molecule has 4 heteroatoms. The van der Waals surface area contributed by atoms with Crippen LogP contribution in [-0.2, 0) is 11.3 Å². The van der Waals surface area contributed by atoms with Crippen LogP contribution in [-0.4, -0.2) is 12.5 Å². The van der Waals surface area contributed by atoms with E-state index in [-0.39, 0.29) is 18.5 Å². The quantitative estimate of drug-likeness (QED) is 0.788. The fraction of sp³-hybridized carbons (Fsp3) is 0.350. The third kappa shape index (κ3) is 5.36. The van der Waals surface area contributed by atoms with Crippen LogP contribution in [0.25, 0.3) is 0 Å². The van der Waals surface area contributed by atoms with Crippen molar-refractivity contribution in [3.05, 3.63) is 70.2 Å². The molecule has 0 bridgehead atoms. The van der Waals surface area contributed by atoms with E-state index in [1.54, 1.807) is 0 Å². The fourth-order valence-electron chi connectivity index (χ4n) is 2.68. The van der Waals surface area contributed by atoms with E-state index in [0.717, 1.165) is 16.1 Å². The summed E-state index contributed by atoms with van der Waals surface area (Å²) >= 11 is 5.95. The van der Waals surface area contributed by atoms with Crippen LogP contribution in [0.15, 0.2) is 48.5 Å². The molecule has 0 saturated heterocycles. The van der Waals surface area contributed by atoms with Crippen LogP contribution in [0.3, 0.4) is 0 Å². The van der Waals surface area contributed by atoms with Crippen LogP contribution >= 0.6 is 11.6 Å². The number of nitrogens with one attached hydrogen (secondary N) is 2. The number of amides is 1. The van der Waals surface area contributed by atoms with E-state index in [2.05, 4.69) is 37.5 Å². The average Bonchev–Trinajstić information content (AvgIpc) is 2.55. The van der Waals surface area contributed by atoms with Gasteiger partial charge in [0.05, 0.1) is 6.54 Å². The molecule has 1 amide bonds. The highest BCUT2D eigenvalue weighted by atomic mass is 35.5. The number of carbonyl (C=O) groups excluding carboxylic acids is 1. The maximum absolute atomic E-state index is 12.1. The molecular weight excluding hydrogens is 320 g/mol. The van der Waals surface area contributed by atoms with Crippen molar-refractivity contribution >= 4 is 17.5 Å². The Morgan fingerprint density at radius 1 is 1.08 bits per heavy atom. The maximum atomic E-state index is 12.1. The molecule has 2 aromatic rings. The Morgan fingerprint density at radius 3 is 2.38 bits per heavy atom. The van der Waals surface area contributed by atoms with Gasteiger partial charge >= 0.3 is 0 Å². The van der Waals surface area contributed by atoms with Crippen molar-refractivity contribution < 1.29 is 4.79 Å². The topological polar surface area (TPSA) is 41.1 Å². The summed E-state index contributed by atoms with van der Waals surface area (Å²) in [6.45, 7) is 7.17. The van der Waals surface area contributed by atoms with Gasteiger partial charge in [0.25, 0.3) is 0 Å². The number of benzene rings is 2. The van der Waals surface area contributed by atoms with Crippen molar-refractivity contribution in [1.29, 1.82) is 0 Å². The number of carbonyl (C=O) groups is 1. The van der Waals surface area contributed by atoms with Crippen molar-refractivity contribution in [3.63, 3.8) is 0 Å². The van der Waals surface area contributed by atoms with Crippen molar-refractivity contribution in [2.45, 2.75) is 33.4 Å². The molecule has 2 aromatic carbocycles. The predicted octanol–water partition coefficient (Wildman–Crippen LogP) is 4.25. The second-order valence-corrected chi connectivity index (χ2v) is 6.79. The van der Waals surface area contributed by atoms with E-state index in [9.17, 15) is 4.79 Å². The molecule has 0 saturated carbocycles. The van der Waals surface area contributed by atoms with Gasteiger partial charge in [0.2, 0.25) is 5.91 Å². The molecule has 1 unspecified atom stereocenters. The number of hydrogen-bond donors (Lipinski definition) is 2. The minimum absolute atomic E-state index is 0.00198. The van der Waals surface area contributed by atoms with Crippen LogP contribution < -0.4 is 10.6 Å². The van der Waals surface area contributed by atoms with Crippen molar-refractivity contribution in [3.8, 4) is 0 Å². The minimum atomic E-state index is -0.00198. The number of aryl methyl sites for hydroxylation is 1. The highest BCUT2D eigenvalue weighted by Gasteiger charge is 2.16. The first-order chi connectivity index (χ1) is 11.5. The Bertz CT molecular complexity index is 668. The van der Waals surface area contributed by atoms with E-state index in [1.807, 2.05) is 42.5 Å². The molecule has 24 heavy (non-hydrogen) atoms. The third-order valence-electron chi connectivity index (χ3n) is 4.12. The molecule has 0 aliphatic carbocycles. The summed E-state index contributed by atoms with van der Waals surface area (Å²) in [6, 6.07) is 16.0. The van der Waals surface area contributed by atoms with Crippen LogP contribution in [0.5, 0.6) is 0 Å². The van der Waals surface area contributed by atoms with Gasteiger partial charge in [0.1, 0.15) is 0 Å². The van der Waals surface area contributed by atoms with Gasteiger partial charge in [-0.1, -0.05) is 61.8 Å². The third-order valence-corrected chi connectivity index (χ3v) is 4.37. The first-order valence-corrected chi connectivity index (χ1v) is 8.65. The summed E-state index contributed by atoms with van der Waals surface area (Å²) in [4.78, 5) is 12.1. The molecule has 1 atom stereocenters. The lowest BCUT2D eigenvalue weighted by Gasteiger charge is -2.23. The lowest BCUT2D eigenvalue weighted by Crippen LogP contribution is -2.37. The second-order valence-electron chi connectivity index (χ2n) is 6.36. The molecule has 128 valence electrons. The monoisotopic (exact) mass is 344 g/mol. The summed E-state index contributed by atoms with van der Waals surface area (Å²) in [6.07, 6.45) is 0. The van der Waals surface area contributed by atoms with Gasteiger partial charge < -0.3 is 10.6 Å². The number of halogens is 1. The Hall–Kier alpha value is -1.84. The fourth-order valence-corrected chi connectivity index (χ4v) is 2.80. The highest BCUT2D eigenvalue weighted by Crippen LogP contribution is 2.22. The predicted molar refractivity (Wildman–Crippen MR) is 100 cm³/mol. The summed E-state index contributed by atoms with van der Waals surface area (Å²) in [5.41, 5.74) is 3.47. The normalized spacial score (nSPS) is 12.2. The Morgan fingerprint density at radius 2 is 1.75 bits per heavy atom. The molecule has 0 heterocycles. The van der Waals surface area contributed by atoms with E-state index in [4.69, 9.17) is 11.6 Å². The molecule has 0 aliphatic heterocycles. The van der Waals surface area contributed by atoms with Crippen molar-refractivity contribution in [2.24, 2.45) is 5.92 Å². The van der Waals surface area contributed by atoms with Crippen molar-refractivity contribution in [1.82, 2.24) is 10.6 Å². The average molecular weight is 345 g/mol. The molecule has 0 aromatic heterocycles. The molecule has 0 radical (unpaired) electrons. The number of hydrogen-bond acceptors (Lipinski definition) is 2. The van der Waals surface area contributed by atoms with Gasteiger partial charge in [-0.15, -0.1) is 0 Å². The Balaban J connectivity index is 1.88. The standard InChI is InChI=1S/C20H25ClN2O/c1-14(2)20(16-8-10-18(21)11-9-16)23-13-19(24)22-12-17-7-5-4-6-15(17)3/h4-11,14,20,23H,12-13H2,1-3H3,(H,22,24). The van der Waals surface area contributed by atoms with E-state index in [0.29, 0.717) is 12.5 Å². The number of rotatable bonds is 7. The molecule has 3 nitrogen and oxygen atoms in total. The zero-order valence-electron chi connectivity index (χ0n) is 14.5. The largest absolute Gasteiger partial charge is 0.351 e. The smallest absolute Gasteiger partial charge is 0.234 e. The minimum Gasteiger partial charge on any atom is -0.351 e. The molecule has 2 N–H and O–H groups in total. The van der Waals surface area contributed by atoms with Crippen LogP contribution in [0.4, 0.5) is 0 Å². The van der Waals surface area contributed by atoms with E-state index < -0.39 is 0 Å². The first-order valence-electron chi connectivity index (χ1n) is 8.27. The van der Waals surface area contributed by atoms with Crippen LogP contribution in [0.2, 0.25) is 5.02 Å². The van der Waals surface area contributed by atoms with Crippen LogP contribution in [0, 0.1) is 12.8 Å². The second kappa shape index (κ2) is 8.86. The summed E-state index contributed by atoms with van der Waals surface area (Å²) < 4.78 is 0. The molecular formula is C20H25ClN2O. The van der Waals surface area contributed by atoms with Crippen molar-refractivity contribution in [2.75, 3.05) is 6.54 Å². The molecule has 2 rings (SSSR count). The van der Waals surface area contributed by atoms with Gasteiger partial charge in [-0.2, -0.15) is 0 Å². The Kier molecular flexibility index (Phi) is 6.83. The summed E-state index contributed by atoms with van der Waals surface area (Å²) in [5, 5.41) is 7.04. The van der Waals surface area contributed by atoms with Gasteiger partial charge in [-0.25, -0.2) is 0 Å². The highest BCUT2D eigenvalue weighted by molar-refractivity contribution is 6.30. The zero-order valence-corrected chi connectivity index (χ0v) is 15.2. The van der Waals surface area contributed by atoms with Gasteiger partial charge in [-0.3, -0.25) is 4.79 Å². The lowest BCUT2D eigenvalue weighted by molar-refractivity contribution is -0.120. The first kappa shape index (κ1) is 18.5. The van der Waals surface area contributed by atoms with Gasteiger partial charge in [-0.05, 0) is 41.7 Å². The lowest BCUT2D eigenvalue weighted by atomic mass is 9.96. The summed E-state index contributed by atoms with van der Waals surface area (Å²) in [5.74, 6) is 0.369. The Labute approximate surface area is 149 Å². The maximum Gasteiger partial charge on any atom is 0.234 e. The van der Waals surface area contributed by atoms with Gasteiger partial charge in [0.15, 0.2) is 0 Å². The van der Waals surface area contributed by atoms with Crippen LogP contribution in [0.1, 0.15) is 36.6 Å². The van der Waals surface area contributed by atoms with Gasteiger partial charge in [0, 0.05) is 17.6 Å². The SMILES string of the molecule is Cc1ccccc1CNC(=O)CNC(c1ccc(Cl)cc1)C(C)C. The summed E-state index contributed by atoms with van der Waals surface area (Å²) in [7, 11) is 0. The van der Waals surface area contributed by atoms with E-state index >= 15 is 0 Å².